The van der Waals surface area contributed by atoms with Crippen LogP contribution in [0.2, 0.25) is 4.34 Å². The number of hydrogen-bond acceptors (Lipinski definition) is 3. The van der Waals surface area contributed by atoms with Crippen molar-refractivity contribution < 1.29 is 0 Å². The average Bonchev–Trinajstić information content (AvgIpc) is 2.75. The molecule has 0 atom stereocenters. The van der Waals surface area contributed by atoms with Gasteiger partial charge in [0.2, 0.25) is 0 Å². The molecule has 18 heavy (non-hydrogen) atoms. The van der Waals surface area contributed by atoms with Gasteiger partial charge in [-0.15, -0.1) is 11.3 Å². The molecule has 0 unspecified atom stereocenters. The standard InChI is InChI=1S/C14H17ClN2S/c1-17(10-13-6-7-14(15)18-13)9-12-4-2-11(8-16)3-5-12/h2-7H,8-10,16H2,1H3. The van der Waals surface area contributed by atoms with Gasteiger partial charge in [-0.25, -0.2) is 0 Å². The zero-order chi connectivity index (χ0) is 13.0. The number of hydrogen-bond donors (Lipinski definition) is 1. The number of nitrogens with zero attached hydrogens (tertiary/aromatic N) is 1. The maximum absolute atomic E-state index is 5.93. The van der Waals surface area contributed by atoms with E-state index in [1.807, 2.05) is 6.07 Å². The second-order valence-electron chi connectivity index (χ2n) is 4.40. The molecule has 0 bridgehead atoms. The van der Waals surface area contributed by atoms with Crippen molar-refractivity contribution in [3.05, 3.63) is 56.7 Å². The van der Waals surface area contributed by atoms with Gasteiger partial charge >= 0.3 is 0 Å². The third kappa shape index (κ3) is 3.82. The van der Waals surface area contributed by atoms with Crippen LogP contribution in [0.3, 0.4) is 0 Å². The van der Waals surface area contributed by atoms with Crippen molar-refractivity contribution in [2.45, 2.75) is 19.6 Å². The highest BCUT2D eigenvalue weighted by atomic mass is 35.5. The maximum atomic E-state index is 5.93. The van der Waals surface area contributed by atoms with Gasteiger partial charge in [0, 0.05) is 24.5 Å². The van der Waals surface area contributed by atoms with Crippen LogP contribution in [0.4, 0.5) is 0 Å². The van der Waals surface area contributed by atoms with Gasteiger partial charge in [-0.2, -0.15) is 0 Å². The minimum absolute atomic E-state index is 0.601. The summed E-state index contributed by atoms with van der Waals surface area (Å²) in [5, 5.41) is 0. The van der Waals surface area contributed by atoms with E-state index in [1.54, 1.807) is 11.3 Å². The van der Waals surface area contributed by atoms with Crippen LogP contribution in [-0.2, 0) is 19.6 Å². The largest absolute Gasteiger partial charge is 0.326 e. The van der Waals surface area contributed by atoms with Gasteiger partial charge in [-0.1, -0.05) is 35.9 Å². The van der Waals surface area contributed by atoms with Gasteiger partial charge in [0.05, 0.1) is 4.34 Å². The summed E-state index contributed by atoms with van der Waals surface area (Å²) in [5.41, 5.74) is 8.06. The normalized spacial score (nSPS) is 11.1. The first-order chi connectivity index (χ1) is 8.67. The fraction of sp³-hybridized carbons (Fsp3) is 0.286. The molecule has 0 aliphatic rings. The monoisotopic (exact) mass is 280 g/mol. The number of rotatable bonds is 5. The summed E-state index contributed by atoms with van der Waals surface area (Å²) >= 11 is 7.57. The molecule has 1 heterocycles. The van der Waals surface area contributed by atoms with Crippen molar-refractivity contribution in [1.29, 1.82) is 0 Å². The Bertz CT molecular complexity index is 493. The minimum atomic E-state index is 0.601. The van der Waals surface area contributed by atoms with Gasteiger partial charge < -0.3 is 5.73 Å². The molecule has 2 rings (SSSR count). The van der Waals surface area contributed by atoms with Crippen molar-refractivity contribution in [2.24, 2.45) is 5.73 Å². The zero-order valence-corrected chi connectivity index (χ0v) is 12.0. The highest BCUT2D eigenvalue weighted by molar-refractivity contribution is 7.16. The third-order valence-electron chi connectivity index (χ3n) is 2.77. The molecule has 0 aliphatic carbocycles. The number of thiophene rings is 1. The molecule has 1 aromatic heterocycles. The van der Waals surface area contributed by atoms with Crippen LogP contribution in [0.15, 0.2) is 36.4 Å². The molecule has 1 aromatic carbocycles. The molecule has 0 saturated carbocycles. The summed E-state index contributed by atoms with van der Waals surface area (Å²) in [6.45, 7) is 2.46. The Morgan fingerprint density at radius 1 is 1.06 bits per heavy atom. The lowest BCUT2D eigenvalue weighted by atomic mass is 10.1. The summed E-state index contributed by atoms with van der Waals surface area (Å²) in [4.78, 5) is 3.57. The van der Waals surface area contributed by atoms with E-state index in [2.05, 4.69) is 42.3 Å². The minimum Gasteiger partial charge on any atom is -0.326 e. The van der Waals surface area contributed by atoms with Gasteiger partial charge in [0.25, 0.3) is 0 Å². The first-order valence-corrected chi connectivity index (χ1v) is 7.07. The lowest BCUT2D eigenvalue weighted by Gasteiger charge is -2.15. The molecule has 96 valence electrons. The second-order valence-corrected chi connectivity index (χ2v) is 6.20. The molecule has 0 spiro atoms. The average molecular weight is 281 g/mol. The lowest BCUT2D eigenvalue weighted by molar-refractivity contribution is 0.322. The number of benzene rings is 1. The van der Waals surface area contributed by atoms with E-state index in [0.29, 0.717) is 6.54 Å². The van der Waals surface area contributed by atoms with Gasteiger partial charge in [-0.05, 0) is 30.3 Å². The van der Waals surface area contributed by atoms with Crippen LogP contribution in [0.25, 0.3) is 0 Å². The second kappa shape index (κ2) is 6.34. The number of nitrogens with two attached hydrogens (primary N) is 1. The maximum Gasteiger partial charge on any atom is 0.0931 e. The summed E-state index contributed by atoms with van der Waals surface area (Å²) in [7, 11) is 2.12. The first-order valence-electron chi connectivity index (χ1n) is 5.88. The molecule has 2 aromatic rings. The molecule has 0 saturated heterocycles. The van der Waals surface area contributed by atoms with Crippen LogP contribution in [0.5, 0.6) is 0 Å². The summed E-state index contributed by atoms with van der Waals surface area (Å²) < 4.78 is 0.852. The van der Waals surface area contributed by atoms with Crippen LogP contribution in [0.1, 0.15) is 16.0 Å². The Morgan fingerprint density at radius 2 is 1.72 bits per heavy atom. The van der Waals surface area contributed by atoms with Crippen LogP contribution < -0.4 is 5.73 Å². The molecule has 2 N–H and O–H groups in total. The van der Waals surface area contributed by atoms with Crippen LogP contribution in [-0.4, -0.2) is 11.9 Å². The van der Waals surface area contributed by atoms with E-state index in [-0.39, 0.29) is 0 Å². The summed E-state index contributed by atoms with van der Waals surface area (Å²) in [5.74, 6) is 0. The summed E-state index contributed by atoms with van der Waals surface area (Å²) in [6.07, 6.45) is 0. The number of halogens is 1. The lowest BCUT2D eigenvalue weighted by Crippen LogP contribution is -2.16. The molecule has 4 heteroatoms. The highest BCUT2D eigenvalue weighted by Gasteiger charge is 2.04. The van der Waals surface area contributed by atoms with E-state index in [4.69, 9.17) is 17.3 Å². The Labute approximate surface area is 117 Å². The van der Waals surface area contributed by atoms with Crippen LogP contribution >= 0.6 is 22.9 Å². The Kier molecular flexibility index (Phi) is 4.78. The molecular formula is C14H17ClN2S. The van der Waals surface area contributed by atoms with E-state index < -0.39 is 0 Å². The topological polar surface area (TPSA) is 29.3 Å². The van der Waals surface area contributed by atoms with E-state index in [1.165, 1.54) is 16.0 Å². The van der Waals surface area contributed by atoms with Crippen molar-refractivity contribution >= 4 is 22.9 Å². The van der Waals surface area contributed by atoms with Gasteiger partial charge in [0.1, 0.15) is 0 Å². The molecule has 0 aliphatic heterocycles. The SMILES string of the molecule is CN(Cc1ccc(CN)cc1)Cc1ccc(Cl)s1. The molecule has 0 fully saturated rings. The third-order valence-corrected chi connectivity index (χ3v) is 3.98. The quantitative estimate of drug-likeness (QED) is 0.908. The Hall–Kier alpha value is -0.870. The fourth-order valence-corrected chi connectivity index (χ4v) is 3.02. The van der Waals surface area contributed by atoms with E-state index >= 15 is 0 Å². The fourth-order valence-electron chi connectivity index (χ4n) is 1.85. The molecule has 0 amide bonds. The molecule has 0 radical (unpaired) electrons. The predicted molar refractivity (Wildman–Crippen MR) is 78.8 cm³/mol. The van der Waals surface area contributed by atoms with Crippen molar-refractivity contribution in [3.8, 4) is 0 Å². The Morgan fingerprint density at radius 3 is 2.28 bits per heavy atom. The predicted octanol–water partition coefficient (Wildman–Crippen LogP) is 3.49. The smallest absolute Gasteiger partial charge is 0.0931 e. The van der Waals surface area contributed by atoms with Crippen LogP contribution in [0, 0.1) is 0 Å². The van der Waals surface area contributed by atoms with Crippen molar-refractivity contribution in [1.82, 2.24) is 4.90 Å². The Balaban J connectivity index is 1.91. The molecular weight excluding hydrogens is 264 g/mol. The van der Waals surface area contributed by atoms with Gasteiger partial charge in [0.15, 0.2) is 0 Å². The molecule has 2 nitrogen and oxygen atoms in total. The summed E-state index contributed by atoms with van der Waals surface area (Å²) in [6, 6.07) is 12.5. The van der Waals surface area contributed by atoms with E-state index in [0.717, 1.165) is 17.4 Å². The van der Waals surface area contributed by atoms with Gasteiger partial charge in [-0.3, -0.25) is 4.90 Å². The van der Waals surface area contributed by atoms with Crippen molar-refractivity contribution in [3.63, 3.8) is 0 Å². The van der Waals surface area contributed by atoms with E-state index in [9.17, 15) is 0 Å². The van der Waals surface area contributed by atoms with Crippen molar-refractivity contribution in [2.75, 3.05) is 7.05 Å². The first kappa shape index (κ1) is 13.6. The highest BCUT2D eigenvalue weighted by Crippen LogP contribution is 2.22. The zero-order valence-electron chi connectivity index (χ0n) is 10.4.